The quantitative estimate of drug-likeness (QED) is 0.476. The number of ketones is 1. The molecule has 0 amide bonds. The standard InChI is InChI=1S/C21H35NO3.C8H17NO3/c1-4-17-8-6-7-9-21(24)25-20(5-2)18(15-22)14-16(3)10-12-19(23)13-11-17;1-5-8(11)6(9(2)3)4-7(10)12-5/h10,12,14,17-18,20H,4-9,11,13,15,22H2,1-3H3;5-8,10-11H,4H2,1-3H3/b12-10+,16-14+;/t17-,18?,20?;/m1./s1. The molecule has 0 saturated carbocycles. The minimum atomic E-state index is -0.740. The number of aliphatic hydroxyl groups is 2. The summed E-state index contributed by atoms with van der Waals surface area (Å²) >= 11 is 0. The van der Waals surface area contributed by atoms with Gasteiger partial charge in [-0.1, -0.05) is 50.8 Å². The highest BCUT2D eigenvalue weighted by atomic mass is 16.6. The lowest BCUT2D eigenvalue weighted by Crippen LogP contribution is -2.52. The predicted molar refractivity (Wildman–Crippen MR) is 147 cm³/mol. The first kappa shape index (κ1) is 33.4. The maximum absolute atomic E-state index is 12.1. The lowest BCUT2D eigenvalue weighted by atomic mass is 9.92. The van der Waals surface area contributed by atoms with Crippen LogP contribution in [0.15, 0.2) is 23.8 Å². The van der Waals surface area contributed by atoms with Crippen LogP contribution in [0.2, 0.25) is 0 Å². The summed E-state index contributed by atoms with van der Waals surface area (Å²) in [7, 11) is 3.78. The van der Waals surface area contributed by atoms with Gasteiger partial charge in [0.1, 0.15) is 6.10 Å². The number of carbonyl (C=O) groups is 2. The molecule has 0 spiro atoms. The van der Waals surface area contributed by atoms with Gasteiger partial charge in [-0.15, -0.1) is 0 Å². The van der Waals surface area contributed by atoms with E-state index >= 15 is 0 Å². The molecule has 7 atom stereocenters. The van der Waals surface area contributed by atoms with Gasteiger partial charge in [0, 0.05) is 37.8 Å². The van der Waals surface area contributed by atoms with E-state index in [2.05, 4.69) is 6.92 Å². The van der Waals surface area contributed by atoms with Crippen molar-refractivity contribution >= 4 is 11.8 Å². The van der Waals surface area contributed by atoms with E-state index in [9.17, 15) is 19.8 Å². The molecule has 1 fully saturated rings. The van der Waals surface area contributed by atoms with Gasteiger partial charge in [0.15, 0.2) is 12.1 Å². The smallest absolute Gasteiger partial charge is 0.306 e. The van der Waals surface area contributed by atoms with E-state index in [1.807, 2.05) is 45.0 Å². The fourth-order valence-corrected chi connectivity index (χ4v) is 4.89. The third kappa shape index (κ3) is 12.7. The number of ether oxygens (including phenoxy) is 2. The molecular formula is C29H52N2O6. The van der Waals surface area contributed by atoms with Crippen LogP contribution in [0.3, 0.4) is 0 Å². The van der Waals surface area contributed by atoms with Crippen molar-refractivity contribution in [2.45, 2.75) is 116 Å². The van der Waals surface area contributed by atoms with Crippen LogP contribution in [-0.4, -0.2) is 78.1 Å². The summed E-state index contributed by atoms with van der Waals surface area (Å²) in [5.41, 5.74) is 6.87. The van der Waals surface area contributed by atoms with Crippen molar-refractivity contribution in [3.63, 3.8) is 0 Å². The summed E-state index contributed by atoms with van der Waals surface area (Å²) < 4.78 is 10.7. The van der Waals surface area contributed by atoms with Crippen LogP contribution in [0.25, 0.3) is 0 Å². The molecule has 2 aliphatic rings. The summed E-state index contributed by atoms with van der Waals surface area (Å²) in [4.78, 5) is 26.1. The summed E-state index contributed by atoms with van der Waals surface area (Å²) in [6, 6.07) is -0.0104. The van der Waals surface area contributed by atoms with Gasteiger partial charge in [0.2, 0.25) is 0 Å². The van der Waals surface area contributed by atoms with Gasteiger partial charge in [-0.3, -0.25) is 9.59 Å². The van der Waals surface area contributed by atoms with Crippen molar-refractivity contribution in [1.29, 1.82) is 0 Å². The zero-order chi connectivity index (χ0) is 28.0. The van der Waals surface area contributed by atoms with E-state index in [0.717, 1.165) is 44.1 Å². The Morgan fingerprint density at radius 2 is 1.76 bits per heavy atom. The first-order valence-corrected chi connectivity index (χ1v) is 14.0. The van der Waals surface area contributed by atoms with E-state index in [4.69, 9.17) is 15.2 Å². The summed E-state index contributed by atoms with van der Waals surface area (Å²) in [6.07, 6.45) is 11.0. The molecule has 2 rings (SSSR count). The molecule has 8 nitrogen and oxygen atoms in total. The number of nitrogens with zero attached hydrogens (tertiary/aromatic N) is 1. The van der Waals surface area contributed by atoms with E-state index < -0.39 is 12.4 Å². The first-order chi connectivity index (χ1) is 17.5. The molecule has 214 valence electrons. The number of rotatable bonds is 4. The highest BCUT2D eigenvalue weighted by Gasteiger charge is 2.35. The fourth-order valence-electron chi connectivity index (χ4n) is 4.89. The topological polar surface area (TPSA) is 122 Å². The van der Waals surface area contributed by atoms with Gasteiger partial charge < -0.3 is 30.3 Å². The highest BCUT2D eigenvalue weighted by molar-refractivity contribution is 5.90. The number of carbonyl (C=O) groups excluding carboxylic acids is 2. The van der Waals surface area contributed by atoms with E-state index in [1.165, 1.54) is 0 Å². The molecule has 6 unspecified atom stereocenters. The molecule has 8 heteroatoms. The lowest BCUT2D eigenvalue weighted by molar-refractivity contribution is -0.212. The SMILES string of the molecule is CC1OC(O)CC(N(C)C)C1O.CCC1OC(=O)CCCC[C@@H](CC)CCC(=O)/C=C/C(C)=C/C1CN. The van der Waals surface area contributed by atoms with E-state index in [0.29, 0.717) is 31.7 Å². The minimum absolute atomic E-state index is 0.0104. The first-order valence-electron chi connectivity index (χ1n) is 14.0. The second-order valence-corrected chi connectivity index (χ2v) is 10.7. The number of aliphatic hydroxyl groups excluding tert-OH is 2. The van der Waals surface area contributed by atoms with Crippen LogP contribution in [0, 0.1) is 11.8 Å². The highest BCUT2D eigenvalue weighted by Crippen LogP contribution is 2.22. The zero-order valence-corrected chi connectivity index (χ0v) is 23.9. The van der Waals surface area contributed by atoms with Crippen LogP contribution >= 0.6 is 0 Å². The van der Waals surface area contributed by atoms with Gasteiger partial charge in [-0.25, -0.2) is 0 Å². The van der Waals surface area contributed by atoms with Crippen LogP contribution in [0.4, 0.5) is 0 Å². The zero-order valence-electron chi connectivity index (χ0n) is 23.9. The lowest BCUT2D eigenvalue weighted by Gasteiger charge is -2.39. The molecule has 1 saturated heterocycles. The molecule has 37 heavy (non-hydrogen) atoms. The van der Waals surface area contributed by atoms with Crippen molar-refractivity contribution in [1.82, 2.24) is 4.90 Å². The molecule has 0 bridgehead atoms. The minimum Gasteiger partial charge on any atom is -0.462 e. The predicted octanol–water partition coefficient (Wildman–Crippen LogP) is 3.74. The average Bonchev–Trinajstić information content (AvgIpc) is 2.86. The van der Waals surface area contributed by atoms with Crippen molar-refractivity contribution in [3.8, 4) is 0 Å². The van der Waals surface area contributed by atoms with Crippen LogP contribution in [0.5, 0.6) is 0 Å². The largest absolute Gasteiger partial charge is 0.462 e. The van der Waals surface area contributed by atoms with Crippen molar-refractivity contribution in [2.24, 2.45) is 17.6 Å². The van der Waals surface area contributed by atoms with Gasteiger partial charge >= 0.3 is 5.97 Å². The second-order valence-electron chi connectivity index (χ2n) is 10.7. The molecular weight excluding hydrogens is 472 g/mol. The molecule has 4 N–H and O–H groups in total. The Kier molecular flexibility index (Phi) is 16.1. The van der Waals surface area contributed by atoms with E-state index in [-0.39, 0.29) is 35.9 Å². The number of nitrogens with two attached hydrogens (primary N) is 1. The molecule has 0 radical (unpaired) electrons. The Hall–Kier alpha value is -1.58. The van der Waals surface area contributed by atoms with E-state index in [1.54, 1.807) is 13.0 Å². The monoisotopic (exact) mass is 524 g/mol. The maximum atomic E-state index is 12.1. The summed E-state index contributed by atoms with van der Waals surface area (Å²) in [5.74, 6) is 0.595. The second kappa shape index (κ2) is 17.8. The van der Waals surface area contributed by atoms with Crippen LogP contribution in [-0.2, 0) is 19.1 Å². The molecule has 2 heterocycles. The van der Waals surface area contributed by atoms with Crippen molar-refractivity contribution < 1.29 is 29.3 Å². The molecule has 0 aliphatic carbocycles. The molecule has 0 aromatic heterocycles. The van der Waals surface area contributed by atoms with Gasteiger partial charge in [-0.2, -0.15) is 0 Å². The average molecular weight is 525 g/mol. The maximum Gasteiger partial charge on any atom is 0.306 e. The number of allylic oxidation sites excluding steroid dienone is 3. The number of hydrogen-bond acceptors (Lipinski definition) is 8. The Balaban J connectivity index is 0.000000474. The van der Waals surface area contributed by atoms with Crippen LogP contribution in [0.1, 0.15) is 85.5 Å². The third-order valence-corrected chi connectivity index (χ3v) is 7.42. The Morgan fingerprint density at radius 1 is 1.05 bits per heavy atom. The number of cyclic esters (lactones) is 1. The Bertz CT molecular complexity index is 738. The number of hydrogen-bond donors (Lipinski definition) is 3. The molecule has 0 aromatic rings. The van der Waals surface area contributed by atoms with Gasteiger partial charge in [-0.05, 0) is 59.2 Å². The number of likely N-dealkylation sites (N-methyl/N-ethyl adjacent to an activating group) is 1. The third-order valence-electron chi connectivity index (χ3n) is 7.42. The summed E-state index contributed by atoms with van der Waals surface area (Å²) in [5, 5.41) is 18.9. The summed E-state index contributed by atoms with van der Waals surface area (Å²) in [6.45, 7) is 8.32. The Morgan fingerprint density at radius 3 is 2.35 bits per heavy atom. The van der Waals surface area contributed by atoms with Gasteiger partial charge in [0.25, 0.3) is 0 Å². The Labute approximate surface area is 224 Å². The number of esters is 1. The normalized spacial score (nSPS) is 35.1. The van der Waals surface area contributed by atoms with Crippen LogP contribution < -0.4 is 5.73 Å². The van der Waals surface area contributed by atoms with Crippen molar-refractivity contribution in [2.75, 3.05) is 20.6 Å². The van der Waals surface area contributed by atoms with Gasteiger partial charge in [0.05, 0.1) is 12.2 Å². The van der Waals surface area contributed by atoms with Crippen molar-refractivity contribution in [3.05, 3.63) is 23.8 Å². The fraction of sp³-hybridized carbons (Fsp3) is 0.793. The molecule has 2 aliphatic heterocycles. The molecule has 0 aromatic carbocycles.